The van der Waals surface area contributed by atoms with Crippen molar-refractivity contribution in [1.29, 1.82) is 0 Å². The lowest BCUT2D eigenvalue weighted by Crippen LogP contribution is -2.45. The highest BCUT2D eigenvalue weighted by Crippen LogP contribution is 2.17. The zero-order chi connectivity index (χ0) is 22.6. The van der Waals surface area contributed by atoms with E-state index >= 15 is 0 Å². The van der Waals surface area contributed by atoms with Crippen LogP contribution in [0.25, 0.3) is 11.1 Å². The number of alkyl carbamates (subject to hydrolysis) is 1. The Labute approximate surface area is 174 Å². The molecule has 0 radical (unpaired) electrons. The largest absolute Gasteiger partial charge is 0.467 e. The van der Waals surface area contributed by atoms with E-state index in [9.17, 15) is 19.2 Å². The summed E-state index contributed by atoms with van der Waals surface area (Å²) in [7, 11) is 4.24. The summed E-state index contributed by atoms with van der Waals surface area (Å²) in [5.74, 6) is -0.600. The van der Waals surface area contributed by atoms with Crippen LogP contribution in [0.3, 0.4) is 0 Å². The Hall–Kier alpha value is -3.36. The molecule has 1 aromatic carbocycles. The molecule has 1 aromatic heterocycles. The molecule has 1 unspecified atom stereocenters. The quantitative estimate of drug-likeness (QED) is 0.736. The van der Waals surface area contributed by atoms with Crippen molar-refractivity contribution in [3.63, 3.8) is 0 Å². The number of amides is 1. The van der Waals surface area contributed by atoms with Gasteiger partial charge in [-0.3, -0.25) is 9.36 Å². The molecule has 0 aliphatic carbocycles. The first-order chi connectivity index (χ1) is 13.9. The second kappa shape index (κ2) is 8.98. The van der Waals surface area contributed by atoms with Crippen molar-refractivity contribution in [2.75, 3.05) is 7.11 Å². The minimum Gasteiger partial charge on any atom is -0.467 e. The lowest BCUT2D eigenvalue weighted by Gasteiger charge is -2.22. The van der Waals surface area contributed by atoms with Gasteiger partial charge in [-0.25, -0.2) is 14.4 Å². The van der Waals surface area contributed by atoms with Gasteiger partial charge in [0.1, 0.15) is 11.6 Å². The van der Waals surface area contributed by atoms with Gasteiger partial charge in [0, 0.05) is 26.7 Å². The van der Waals surface area contributed by atoms with Crippen molar-refractivity contribution >= 4 is 12.1 Å². The first-order valence-corrected chi connectivity index (χ1v) is 9.36. The summed E-state index contributed by atoms with van der Waals surface area (Å²) in [5.41, 5.74) is 0.243. The number of esters is 1. The molecular formula is C21H27N3O6. The highest BCUT2D eigenvalue weighted by atomic mass is 16.6. The molecule has 2 aromatic rings. The number of aromatic nitrogens is 2. The molecule has 0 saturated carbocycles. The number of carbonyl (C=O) groups is 2. The van der Waals surface area contributed by atoms with Crippen LogP contribution in [0.15, 0.2) is 40.1 Å². The SMILES string of the molecule is COC(=O)C(Cc1ccc(-c2cn(C)c(=O)n(C)c2=O)cc1)NC(=O)OC(C)(C)C. The van der Waals surface area contributed by atoms with Gasteiger partial charge >= 0.3 is 17.8 Å². The van der Waals surface area contributed by atoms with Gasteiger partial charge in [-0.15, -0.1) is 0 Å². The van der Waals surface area contributed by atoms with Crippen LogP contribution in [0, 0.1) is 0 Å². The predicted molar refractivity (Wildman–Crippen MR) is 111 cm³/mol. The molecule has 162 valence electrons. The van der Waals surface area contributed by atoms with Crippen molar-refractivity contribution in [3.05, 3.63) is 56.9 Å². The number of rotatable bonds is 5. The Morgan fingerprint density at radius 1 is 1.10 bits per heavy atom. The van der Waals surface area contributed by atoms with E-state index in [4.69, 9.17) is 9.47 Å². The Balaban J connectivity index is 2.24. The lowest BCUT2D eigenvalue weighted by molar-refractivity contribution is -0.143. The summed E-state index contributed by atoms with van der Waals surface area (Å²) in [6.07, 6.45) is 0.946. The van der Waals surface area contributed by atoms with Gasteiger partial charge in [-0.05, 0) is 31.9 Å². The Bertz CT molecular complexity index is 1040. The smallest absolute Gasteiger partial charge is 0.408 e. The molecular weight excluding hydrogens is 390 g/mol. The second-order valence-electron chi connectivity index (χ2n) is 7.92. The average Bonchev–Trinajstić information content (AvgIpc) is 2.67. The standard InChI is InChI=1S/C21H27N3O6/c1-21(2,3)30-19(27)22-16(18(26)29-6)11-13-7-9-14(10-8-13)15-12-23(4)20(28)24(5)17(15)25/h7-10,12,16H,11H2,1-6H3,(H,22,27). The van der Waals surface area contributed by atoms with Crippen molar-refractivity contribution in [2.24, 2.45) is 14.1 Å². The third-order valence-corrected chi connectivity index (χ3v) is 4.33. The van der Waals surface area contributed by atoms with Crippen LogP contribution in [0.2, 0.25) is 0 Å². The molecule has 30 heavy (non-hydrogen) atoms. The third-order valence-electron chi connectivity index (χ3n) is 4.33. The fraction of sp³-hybridized carbons (Fsp3) is 0.429. The van der Waals surface area contributed by atoms with E-state index in [1.807, 2.05) is 0 Å². The Morgan fingerprint density at radius 2 is 1.70 bits per heavy atom. The molecule has 1 atom stereocenters. The number of aryl methyl sites for hydroxylation is 1. The van der Waals surface area contributed by atoms with Crippen molar-refractivity contribution in [3.8, 4) is 11.1 Å². The van der Waals surface area contributed by atoms with Gasteiger partial charge < -0.3 is 19.4 Å². The number of hydrogen-bond donors (Lipinski definition) is 1. The first-order valence-electron chi connectivity index (χ1n) is 9.36. The predicted octanol–water partition coefficient (Wildman–Crippen LogP) is 1.36. The normalized spacial score (nSPS) is 12.2. The lowest BCUT2D eigenvalue weighted by atomic mass is 10.0. The highest BCUT2D eigenvalue weighted by molar-refractivity contribution is 5.81. The molecule has 1 N–H and O–H groups in total. The second-order valence-corrected chi connectivity index (χ2v) is 7.92. The van der Waals surface area contributed by atoms with Gasteiger partial charge in [-0.1, -0.05) is 24.3 Å². The highest BCUT2D eigenvalue weighted by Gasteiger charge is 2.25. The van der Waals surface area contributed by atoms with E-state index in [1.54, 1.807) is 52.1 Å². The number of benzene rings is 1. The fourth-order valence-corrected chi connectivity index (χ4v) is 2.85. The molecule has 1 heterocycles. The van der Waals surface area contributed by atoms with Crippen LogP contribution >= 0.6 is 0 Å². The van der Waals surface area contributed by atoms with Gasteiger partial charge in [0.2, 0.25) is 0 Å². The maximum atomic E-state index is 12.4. The third kappa shape index (κ3) is 5.59. The summed E-state index contributed by atoms with van der Waals surface area (Å²) in [5, 5.41) is 2.52. The molecule has 0 aliphatic rings. The summed E-state index contributed by atoms with van der Waals surface area (Å²) in [6, 6.07) is 6.00. The van der Waals surface area contributed by atoms with Crippen LogP contribution in [0.4, 0.5) is 4.79 Å². The Morgan fingerprint density at radius 3 is 2.23 bits per heavy atom. The monoisotopic (exact) mass is 417 g/mol. The molecule has 2 rings (SSSR count). The zero-order valence-electron chi connectivity index (χ0n) is 18.0. The van der Waals surface area contributed by atoms with Crippen LogP contribution in [-0.2, 0) is 34.8 Å². The van der Waals surface area contributed by atoms with Gasteiger partial charge in [0.15, 0.2) is 0 Å². The summed E-state index contributed by atoms with van der Waals surface area (Å²) in [6.45, 7) is 5.17. The van der Waals surface area contributed by atoms with E-state index < -0.39 is 35.0 Å². The van der Waals surface area contributed by atoms with Crippen LogP contribution in [0.5, 0.6) is 0 Å². The number of nitrogens with zero attached hydrogens (tertiary/aromatic N) is 2. The van der Waals surface area contributed by atoms with Crippen molar-refractivity contribution in [2.45, 2.75) is 38.8 Å². The summed E-state index contributed by atoms with van der Waals surface area (Å²) < 4.78 is 12.4. The molecule has 9 heteroatoms. The van der Waals surface area contributed by atoms with Crippen LogP contribution in [-0.4, -0.2) is 39.9 Å². The minimum absolute atomic E-state index is 0.178. The average molecular weight is 417 g/mol. The summed E-state index contributed by atoms with van der Waals surface area (Å²) in [4.78, 5) is 48.4. The van der Waals surface area contributed by atoms with E-state index in [2.05, 4.69) is 5.32 Å². The van der Waals surface area contributed by atoms with Crippen LogP contribution in [0.1, 0.15) is 26.3 Å². The number of carbonyl (C=O) groups excluding carboxylic acids is 2. The van der Waals surface area contributed by atoms with E-state index in [1.165, 1.54) is 24.9 Å². The maximum Gasteiger partial charge on any atom is 0.408 e. The zero-order valence-corrected chi connectivity index (χ0v) is 18.0. The van der Waals surface area contributed by atoms with E-state index in [0.717, 1.165) is 10.1 Å². The van der Waals surface area contributed by atoms with Gasteiger partial charge in [0.25, 0.3) is 5.56 Å². The topological polar surface area (TPSA) is 109 Å². The number of nitrogens with one attached hydrogen (secondary N) is 1. The fourth-order valence-electron chi connectivity index (χ4n) is 2.85. The minimum atomic E-state index is -0.930. The molecule has 0 spiro atoms. The van der Waals surface area contributed by atoms with Crippen LogP contribution < -0.4 is 16.6 Å². The number of methoxy groups -OCH3 is 1. The first kappa shape index (κ1) is 22.9. The number of ether oxygens (including phenoxy) is 2. The van der Waals surface area contributed by atoms with Gasteiger partial charge in [-0.2, -0.15) is 0 Å². The molecule has 0 bridgehead atoms. The maximum absolute atomic E-state index is 12.4. The molecule has 1 amide bonds. The molecule has 0 aliphatic heterocycles. The van der Waals surface area contributed by atoms with Crippen molar-refractivity contribution < 1.29 is 19.1 Å². The number of hydrogen-bond acceptors (Lipinski definition) is 6. The van der Waals surface area contributed by atoms with Crippen molar-refractivity contribution in [1.82, 2.24) is 14.5 Å². The van der Waals surface area contributed by atoms with Gasteiger partial charge in [0.05, 0.1) is 12.7 Å². The molecule has 0 saturated heterocycles. The van der Waals surface area contributed by atoms with E-state index in [-0.39, 0.29) is 6.42 Å². The molecule has 0 fully saturated rings. The molecule has 9 nitrogen and oxygen atoms in total. The van der Waals surface area contributed by atoms with E-state index in [0.29, 0.717) is 11.1 Å². The summed E-state index contributed by atoms with van der Waals surface area (Å²) >= 11 is 0. The Kier molecular flexibility index (Phi) is 6.86.